The van der Waals surface area contributed by atoms with Crippen LogP contribution >= 0.6 is 22.9 Å². The van der Waals surface area contributed by atoms with Gasteiger partial charge in [0, 0.05) is 21.6 Å². The van der Waals surface area contributed by atoms with Crippen molar-refractivity contribution in [1.29, 1.82) is 0 Å². The summed E-state index contributed by atoms with van der Waals surface area (Å²) in [5.41, 5.74) is 1.49. The highest BCUT2D eigenvalue weighted by molar-refractivity contribution is 7.12. The first kappa shape index (κ1) is 11.9. The topological polar surface area (TPSA) is 29.1 Å². The van der Waals surface area contributed by atoms with E-state index in [4.69, 9.17) is 11.6 Å². The van der Waals surface area contributed by atoms with Crippen LogP contribution in [-0.4, -0.2) is 11.8 Å². The van der Waals surface area contributed by atoms with Crippen molar-refractivity contribution < 1.29 is 4.79 Å². The molecule has 0 bridgehead atoms. The van der Waals surface area contributed by atoms with E-state index in [0.717, 1.165) is 0 Å². The smallest absolute Gasteiger partial charge is 0.224 e. The van der Waals surface area contributed by atoms with Gasteiger partial charge in [-0.3, -0.25) is 4.79 Å². The van der Waals surface area contributed by atoms with Gasteiger partial charge in [0.1, 0.15) is 0 Å². The molecule has 1 heterocycles. The van der Waals surface area contributed by atoms with Gasteiger partial charge < -0.3 is 5.32 Å². The average Bonchev–Trinajstić information content (AvgIpc) is 2.84. The molecule has 1 aliphatic rings. The zero-order chi connectivity index (χ0) is 11.5. The zero-order valence-corrected chi connectivity index (χ0v) is 11.0. The Morgan fingerprint density at radius 3 is 3.12 bits per heavy atom. The maximum absolute atomic E-state index is 11.5. The number of carbonyl (C=O) groups is 1. The fourth-order valence-corrected chi connectivity index (χ4v) is 3.24. The van der Waals surface area contributed by atoms with Crippen LogP contribution in [0.2, 0.25) is 0 Å². The average molecular weight is 258 g/mol. The summed E-state index contributed by atoms with van der Waals surface area (Å²) in [6, 6.07) is 2.23. The second-order valence-corrected chi connectivity index (χ2v) is 5.82. The summed E-state index contributed by atoms with van der Waals surface area (Å²) in [5, 5.41) is 2.93. The Morgan fingerprint density at radius 2 is 2.44 bits per heavy atom. The van der Waals surface area contributed by atoms with Gasteiger partial charge in [0.05, 0.1) is 6.54 Å². The van der Waals surface area contributed by atoms with Gasteiger partial charge in [-0.2, -0.15) is 0 Å². The van der Waals surface area contributed by atoms with Crippen LogP contribution in [0, 0.1) is 5.92 Å². The molecular weight excluding hydrogens is 242 g/mol. The number of aryl methyl sites for hydroxylation is 2. The number of rotatable bonds is 4. The van der Waals surface area contributed by atoms with Crippen molar-refractivity contribution in [3.8, 4) is 0 Å². The number of hydrogen-bond acceptors (Lipinski definition) is 2. The predicted molar refractivity (Wildman–Crippen MR) is 68.1 cm³/mol. The fraction of sp³-hybridized carbons (Fsp3) is 0.583. The molecule has 0 spiro atoms. The van der Waals surface area contributed by atoms with E-state index in [-0.39, 0.29) is 11.8 Å². The third-order valence-corrected chi connectivity index (χ3v) is 4.61. The third kappa shape index (κ3) is 2.58. The van der Waals surface area contributed by atoms with E-state index in [1.54, 1.807) is 0 Å². The lowest BCUT2D eigenvalue weighted by atomic mass is 10.2. The monoisotopic (exact) mass is 257 g/mol. The molecule has 0 saturated carbocycles. The molecule has 1 atom stereocenters. The number of alkyl halides is 1. The SMILES string of the molecule is CC(CCl)C(=O)NCc1cc2c(s1)CCC2. The summed E-state index contributed by atoms with van der Waals surface area (Å²) < 4.78 is 0. The molecule has 2 rings (SSSR count). The Kier molecular flexibility index (Phi) is 3.87. The summed E-state index contributed by atoms with van der Waals surface area (Å²) in [6.07, 6.45) is 3.71. The Labute approximate surface area is 105 Å². The van der Waals surface area contributed by atoms with Crippen molar-refractivity contribution in [1.82, 2.24) is 5.32 Å². The van der Waals surface area contributed by atoms with Crippen LogP contribution in [0.5, 0.6) is 0 Å². The van der Waals surface area contributed by atoms with Crippen LogP contribution in [0.25, 0.3) is 0 Å². The van der Waals surface area contributed by atoms with Crippen molar-refractivity contribution in [3.05, 3.63) is 21.4 Å². The number of fused-ring (bicyclic) bond motifs is 1. The van der Waals surface area contributed by atoms with Gasteiger partial charge in [-0.15, -0.1) is 22.9 Å². The number of hydrogen-bond donors (Lipinski definition) is 1. The van der Waals surface area contributed by atoms with Gasteiger partial charge >= 0.3 is 0 Å². The molecule has 1 unspecified atom stereocenters. The quantitative estimate of drug-likeness (QED) is 0.826. The van der Waals surface area contributed by atoms with Crippen LogP contribution < -0.4 is 5.32 Å². The molecule has 0 radical (unpaired) electrons. The van der Waals surface area contributed by atoms with Crippen molar-refractivity contribution in [3.63, 3.8) is 0 Å². The largest absolute Gasteiger partial charge is 0.351 e. The molecule has 16 heavy (non-hydrogen) atoms. The number of thiophene rings is 1. The second kappa shape index (κ2) is 5.19. The maximum Gasteiger partial charge on any atom is 0.224 e. The molecule has 1 aromatic rings. The van der Waals surface area contributed by atoms with Crippen LogP contribution in [0.1, 0.15) is 28.7 Å². The highest BCUT2D eigenvalue weighted by Crippen LogP contribution is 2.30. The lowest BCUT2D eigenvalue weighted by molar-refractivity contribution is -0.124. The molecule has 88 valence electrons. The standard InChI is InChI=1S/C12H16ClNOS/c1-8(6-13)12(15)14-7-10-5-9-3-2-4-11(9)16-10/h5,8H,2-4,6-7H2,1H3,(H,14,15). The van der Waals surface area contributed by atoms with Gasteiger partial charge in [0.25, 0.3) is 0 Å². The Bertz CT molecular complexity index is 367. The Balaban J connectivity index is 1.88. The van der Waals surface area contributed by atoms with Gasteiger partial charge in [0.2, 0.25) is 5.91 Å². The summed E-state index contributed by atoms with van der Waals surface area (Å²) in [4.78, 5) is 14.3. The Hall–Kier alpha value is -0.540. The second-order valence-electron chi connectivity index (χ2n) is 4.29. The highest BCUT2D eigenvalue weighted by atomic mass is 35.5. The number of nitrogens with one attached hydrogen (secondary N) is 1. The summed E-state index contributed by atoms with van der Waals surface area (Å²) in [6.45, 7) is 2.49. The lowest BCUT2D eigenvalue weighted by Gasteiger charge is -2.07. The summed E-state index contributed by atoms with van der Waals surface area (Å²) in [7, 11) is 0. The third-order valence-electron chi connectivity index (χ3n) is 2.91. The Morgan fingerprint density at radius 1 is 1.62 bits per heavy atom. The number of halogens is 1. The minimum atomic E-state index is -0.103. The van der Waals surface area contributed by atoms with E-state index in [1.165, 1.54) is 34.6 Å². The van der Waals surface area contributed by atoms with E-state index < -0.39 is 0 Å². The molecule has 0 fully saturated rings. The van der Waals surface area contributed by atoms with Crippen molar-refractivity contribution in [2.75, 3.05) is 5.88 Å². The van der Waals surface area contributed by atoms with Crippen molar-refractivity contribution in [2.24, 2.45) is 5.92 Å². The molecule has 0 aliphatic heterocycles. The van der Waals surface area contributed by atoms with Crippen molar-refractivity contribution in [2.45, 2.75) is 32.7 Å². The van der Waals surface area contributed by atoms with Gasteiger partial charge in [-0.1, -0.05) is 6.92 Å². The molecule has 0 saturated heterocycles. The van der Waals surface area contributed by atoms with E-state index in [0.29, 0.717) is 12.4 Å². The van der Waals surface area contributed by atoms with Crippen LogP contribution in [0.3, 0.4) is 0 Å². The first-order valence-electron chi connectivity index (χ1n) is 5.65. The molecule has 0 aromatic carbocycles. The summed E-state index contributed by atoms with van der Waals surface area (Å²) >= 11 is 7.47. The van der Waals surface area contributed by atoms with E-state index in [9.17, 15) is 4.79 Å². The maximum atomic E-state index is 11.5. The number of amides is 1. The van der Waals surface area contributed by atoms with Gasteiger partial charge in [-0.05, 0) is 30.9 Å². The lowest BCUT2D eigenvalue weighted by Crippen LogP contribution is -2.29. The molecule has 4 heteroatoms. The zero-order valence-electron chi connectivity index (χ0n) is 9.38. The van der Waals surface area contributed by atoms with E-state index in [1.807, 2.05) is 18.3 Å². The molecule has 1 N–H and O–H groups in total. The molecule has 2 nitrogen and oxygen atoms in total. The van der Waals surface area contributed by atoms with E-state index in [2.05, 4.69) is 11.4 Å². The van der Waals surface area contributed by atoms with Gasteiger partial charge in [0.15, 0.2) is 0 Å². The van der Waals surface area contributed by atoms with Crippen LogP contribution in [0.15, 0.2) is 6.07 Å². The minimum Gasteiger partial charge on any atom is -0.351 e. The normalized spacial score (nSPS) is 15.9. The molecule has 1 amide bonds. The fourth-order valence-electron chi connectivity index (χ4n) is 1.90. The first-order chi connectivity index (χ1) is 7.70. The minimum absolute atomic E-state index is 0.0450. The van der Waals surface area contributed by atoms with Gasteiger partial charge in [-0.25, -0.2) is 0 Å². The molecular formula is C12H16ClNOS. The van der Waals surface area contributed by atoms with E-state index >= 15 is 0 Å². The van der Waals surface area contributed by atoms with Crippen LogP contribution in [0.4, 0.5) is 0 Å². The van der Waals surface area contributed by atoms with Crippen LogP contribution in [-0.2, 0) is 24.2 Å². The highest BCUT2D eigenvalue weighted by Gasteiger charge is 2.16. The molecule has 1 aliphatic carbocycles. The predicted octanol–water partition coefficient (Wildman–Crippen LogP) is 2.73. The van der Waals surface area contributed by atoms with Crippen molar-refractivity contribution >= 4 is 28.8 Å². The summed E-state index contributed by atoms with van der Waals surface area (Å²) in [5.74, 6) is 0.323. The first-order valence-corrected chi connectivity index (χ1v) is 7.00. The molecule has 1 aromatic heterocycles. The number of carbonyl (C=O) groups excluding carboxylic acids is 1.